The number of likely N-dealkylation sites (N-methyl/N-ethyl adjacent to an activating group) is 1. The Morgan fingerprint density at radius 1 is 1.20 bits per heavy atom. The number of nitrogens with zero attached hydrogens (tertiary/aromatic N) is 2. The quantitative estimate of drug-likeness (QED) is 0.797. The van der Waals surface area contributed by atoms with Gasteiger partial charge in [0, 0.05) is 25.7 Å². The van der Waals surface area contributed by atoms with Crippen LogP contribution in [0.4, 0.5) is 4.79 Å². The van der Waals surface area contributed by atoms with Crippen LogP contribution in [0.2, 0.25) is 0 Å². The van der Waals surface area contributed by atoms with E-state index in [1.165, 1.54) is 25.7 Å². The molecule has 0 aromatic heterocycles. The standard InChI is InChI=1S/C19H35N3O3/c1-19(2)9-4-6-15(12-19)13-20-18(25)22-10-5-7-16(8-11-22)21(3)14-17(23)24/h15-16H,4-14H2,1-3H3,(H,20,25)(H,23,24). The van der Waals surface area contributed by atoms with Crippen LogP contribution < -0.4 is 5.32 Å². The first kappa shape index (κ1) is 20.0. The van der Waals surface area contributed by atoms with Gasteiger partial charge in [0.15, 0.2) is 0 Å². The zero-order valence-corrected chi connectivity index (χ0v) is 16.1. The first-order chi connectivity index (χ1) is 11.8. The number of carboxylic acid groups (broad SMARTS) is 1. The Bertz CT molecular complexity index is 467. The Morgan fingerprint density at radius 2 is 1.96 bits per heavy atom. The van der Waals surface area contributed by atoms with Gasteiger partial charge in [-0.3, -0.25) is 9.69 Å². The van der Waals surface area contributed by atoms with Gasteiger partial charge in [-0.25, -0.2) is 4.79 Å². The predicted octanol–water partition coefficient (Wildman–Crippen LogP) is 2.78. The van der Waals surface area contributed by atoms with Gasteiger partial charge in [-0.15, -0.1) is 0 Å². The van der Waals surface area contributed by atoms with Crippen molar-refractivity contribution in [2.24, 2.45) is 11.3 Å². The third-order valence-corrected chi connectivity index (χ3v) is 5.84. The summed E-state index contributed by atoms with van der Waals surface area (Å²) >= 11 is 0. The van der Waals surface area contributed by atoms with Gasteiger partial charge in [0.05, 0.1) is 6.54 Å². The normalized spacial score (nSPS) is 27.0. The van der Waals surface area contributed by atoms with E-state index >= 15 is 0 Å². The summed E-state index contributed by atoms with van der Waals surface area (Å²) in [4.78, 5) is 27.2. The maximum atomic E-state index is 12.5. The number of carbonyl (C=O) groups excluding carboxylic acids is 1. The molecule has 0 spiro atoms. The maximum Gasteiger partial charge on any atom is 0.317 e. The van der Waals surface area contributed by atoms with Crippen molar-refractivity contribution in [3.05, 3.63) is 0 Å². The molecule has 2 aliphatic rings. The van der Waals surface area contributed by atoms with E-state index in [1.54, 1.807) is 0 Å². The molecule has 1 heterocycles. The molecule has 2 rings (SSSR count). The zero-order chi connectivity index (χ0) is 18.4. The molecule has 2 N–H and O–H groups in total. The van der Waals surface area contributed by atoms with Crippen LogP contribution in [0.1, 0.15) is 58.8 Å². The lowest BCUT2D eigenvalue weighted by Crippen LogP contribution is -2.43. The maximum absolute atomic E-state index is 12.5. The van der Waals surface area contributed by atoms with Crippen LogP contribution in [0.5, 0.6) is 0 Å². The third-order valence-electron chi connectivity index (χ3n) is 5.84. The summed E-state index contributed by atoms with van der Waals surface area (Å²) in [5, 5.41) is 12.1. The number of nitrogens with one attached hydrogen (secondary N) is 1. The highest BCUT2D eigenvalue weighted by molar-refractivity contribution is 5.74. The molecule has 2 fully saturated rings. The van der Waals surface area contributed by atoms with Crippen molar-refractivity contribution in [1.29, 1.82) is 0 Å². The lowest BCUT2D eigenvalue weighted by molar-refractivity contribution is -0.138. The van der Waals surface area contributed by atoms with E-state index in [9.17, 15) is 9.59 Å². The average Bonchev–Trinajstić information content (AvgIpc) is 2.77. The number of carboxylic acids is 1. The lowest BCUT2D eigenvalue weighted by atomic mass is 9.72. The van der Waals surface area contributed by atoms with E-state index in [0.717, 1.165) is 32.4 Å². The second kappa shape index (κ2) is 8.88. The average molecular weight is 354 g/mol. The number of carbonyl (C=O) groups is 2. The number of amides is 2. The largest absolute Gasteiger partial charge is 0.480 e. The van der Waals surface area contributed by atoms with E-state index in [4.69, 9.17) is 5.11 Å². The second-order valence-corrected chi connectivity index (χ2v) is 8.69. The van der Waals surface area contributed by atoms with E-state index in [2.05, 4.69) is 19.2 Å². The van der Waals surface area contributed by atoms with Crippen LogP contribution in [0.15, 0.2) is 0 Å². The highest BCUT2D eigenvalue weighted by Crippen LogP contribution is 2.38. The Balaban J connectivity index is 1.76. The molecule has 6 heteroatoms. The number of likely N-dealkylation sites (tertiary alicyclic amines) is 1. The Hall–Kier alpha value is -1.30. The minimum atomic E-state index is -0.795. The molecule has 2 unspecified atom stereocenters. The van der Waals surface area contributed by atoms with Crippen molar-refractivity contribution >= 4 is 12.0 Å². The van der Waals surface area contributed by atoms with Gasteiger partial charge in [0.25, 0.3) is 0 Å². The summed E-state index contributed by atoms with van der Waals surface area (Å²) in [7, 11) is 1.86. The van der Waals surface area contributed by atoms with Crippen LogP contribution >= 0.6 is 0 Å². The first-order valence-electron chi connectivity index (χ1n) is 9.72. The summed E-state index contributed by atoms with van der Waals surface area (Å²) in [6.07, 6.45) is 7.67. The van der Waals surface area contributed by atoms with Gasteiger partial charge in [-0.1, -0.05) is 20.3 Å². The zero-order valence-electron chi connectivity index (χ0n) is 16.1. The molecule has 2 atom stereocenters. The monoisotopic (exact) mass is 353 g/mol. The molecule has 6 nitrogen and oxygen atoms in total. The van der Waals surface area contributed by atoms with Gasteiger partial charge >= 0.3 is 12.0 Å². The van der Waals surface area contributed by atoms with Crippen molar-refractivity contribution in [3.8, 4) is 0 Å². The van der Waals surface area contributed by atoms with Gasteiger partial charge in [0.2, 0.25) is 0 Å². The fourth-order valence-corrected chi connectivity index (χ4v) is 4.44. The van der Waals surface area contributed by atoms with Gasteiger partial charge in [-0.2, -0.15) is 0 Å². The smallest absolute Gasteiger partial charge is 0.317 e. The van der Waals surface area contributed by atoms with Crippen molar-refractivity contribution < 1.29 is 14.7 Å². The number of rotatable bonds is 5. The molecule has 0 aromatic carbocycles. The van der Waals surface area contributed by atoms with Crippen LogP contribution in [-0.4, -0.2) is 66.2 Å². The molecule has 1 saturated carbocycles. The van der Waals surface area contributed by atoms with E-state index in [-0.39, 0.29) is 18.6 Å². The molecule has 144 valence electrons. The summed E-state index contributed by atoms with van der Waals surface area (Å²) in [6, 6.07) is 0.290. The van der Waals surface area contributed by atoms with Crippen LogP contribution in [-0.2, 0) is 4.79 Å². The van der Waals surface area contributed by atoms with Gasteiger partial charge in [-0.05, 0) is 56.9 Å². The molecule has 0 aromatic rings. The Kier molecular flexibility index (Phi) is 7.11. The fourth-order valence-electron chi connectivity index (χ4n) is 4.44. The van der Waals surface area contributed by atoms with Gasteiger partial charge < -0.3 is 15.3 Å². The van der Waals surface area contributed by atoms with Crippen LogP contribution in [0.25, 0.3) is 0 Å². The van der Waals surface area contributed by atoms with E-state index in [1.807, 2.05) is 16.8 Å². The first-order valence-corrected chi connectivity index (χ1v) is 9.72. The molecule has 1 aliphatic heterocycles. The highest BCUT2D eigenvalue weighted by atomic mass is 16.4. The summed E-state index contributed by atoms with van der Waals surface area (Å²) in [6.45, 7) is 6.96. The summed E-state index contributed by atoms with van der Waals surface area (Å²) < 4.78 is 0. The minimum absolute atomic E-state index is 0.0462. The molecule has 0 radical (unpaired) electrons. The van der Waals surface area contributed by atoms with E-state index in [0.29, 0.717) is 17.9 Å². The van der Waals surface area contributed by atoms with Crippen LogP contribution in [0, 0.1) is 11.3 Å². The van der Waals surface area contributed by atoms with Crippen molar-refractivity contribution in [1.82, 2.24) is 15.1 Å². The SMILES string of the molecule is CN(CC(=O)O)C1CCCN(C(=O)NCC2CCCC(C)(C)C2)CC1. The molecular formula is C19H35N3O3. The topological polar surface area (TPSA) is 72.9 Å². The highest BCUT2D eigenvalue weighted by Gasteiger charge is 2.29. The number of urea groups is 1. The predicted molar refractivity (Wildman–Crippen MR) is 98.6 cm³/mol. The molecule has 2 amide bonds. The number of hydrogen-bond acceptors (Lipinski definition) is 3. The summed E-state index contributed by atoms with van der Waals surface area (Å²) in [5.41, 5.74) is 0.401. The molecule has 25 heavy (non-hydrogen) atoms. The molecule has 1 saturated heterocycles. The van der Waals surface area contributed by atoms with Crippen molar-refractivity contribution in [3.63, 3.8) is 0 Å². The van der Waals surface area contributed by atoms with Gasteiger partial charge in [0.1, 0.15) is 0 Å². The van der Waals surface area contributed by atoms with E-state index < -0.39 is 5.97 Å². The van der Waals surface area contributed by atoms with Crippen molar-refractivity contribution in [2.75, 3.05) is 33.2 Å². The second-order valence-electron chi connectivity index (χ2n) is 8.69. The number of hydrogen-bond donors (Lipinski definition) is 2. The lowest BCUT2D eigenvalue weighted by Gasteiger charge is -2.35. The summed E-state index contributed by atoms with van der Waals surface area (Å²) in [5.74, 6) is -0.203. The number of aliphatic carboxylic acids is 1. The Morgan fingerprint density at radius 3 is 2.64 bits per heavy atom. The molecule has 0 bridgehead atoms. The molecular weight excluding hydrogens is 318 g/mol. The molecule has 1 aliphatic carbocycles. The fraction of sp³-hybridized carbons (Fsp3) is 0.895. The third kappa shape index (κ3) is 6.49. The minimum Gasteiger partial charge on any atom is -0.480 e. The Labute approximate surface area is 151 Å². The van der Waals surface area contributed by atoms with Crippen molar-refractivity contribution in [2.45, 2.75) is 64.8 Å². The van der Waals surface area contributed by atoms with Crippen LogP contribution in [0.3, 0.4) is 0 Å².